The zero-order valence-corrected chi connectivity index (χ0v) is 15.9. The van der Waals surface area contributed by atoms with Crippen LogP contribution in [0.3, 0.4) is 0 Å². The monoisotopic (exact) mass is 375 g/mol. The van der Waals surface area contributed by atoms with Crippen LogP contribution in [0.25, 0.3) is 0 Å². The Kier molecular flexibility index (Phi) is 5.85. The molecular weight excluding hydrogens is 350 g/mol. The van der Waals surface area contributed by atoms with E-state index < -0.39 is 0 Å². The topological polar surface area (TPSA) is 48.7 Å². The smallest absolute Gasteiger partial charge is 0.255 e. The Balaban J connectivity index is 1.25. The Morgan fingerprint density at radius 1 is 0.821 bits per heavy atom. The number of hydrogen-bond donors (Lipinski definition) is 1. The molecule has 28 heavy (non-hydrogen) atoms. The van der Waals surface area contributed by atoms with Crippen LogP contribution >= 0.6 is 0 Å². The molecule has 1 aromatic heterocycles. The molecule has 0 atom stereocenters. The molecule has 0 radical (unpaired) electrons. The molecule has 144 valence electrons. The molecule has 0 spiro atoms. The van der Waals surface area contributed by atoms with Crippen molar-refractivity contribution in [3.05, 3.63) is 89.9 Å². The van der Waals surface area contributed by atoms with Crippen molar-refractivity contribution in [2.24, 2.45) is 0 Å². The number of nitrogens with zero attached hydrogens (tertiary/aromatic N) is 2. The van der Waals surface area contributed by atoms with Crippen molar-refractivity contribution < 1.29 is 9.21 Å². The molecule has 0 unspecified atom stereocenters. The summed E-state index contributed by atoms with van der Waals surface area (Å²) in [5, 5.41) is 2.95. The highest BCUT2D eigenvalue weighted by molar-refractivity contribution is 6.04. The van der Waals surface area contributed by atoms with E-state index in [0.29, 0.717) is 5.56 Å². The van der Waals surface area contributed by atoms with Gasteiger partial charge in [0.2, 0.25) is 0 Å². The average molecular weight is 375 g/mol. The maximum absolute atomic E-state index is 12.2. The van der Waals surface area contributed by atoms with Gasteiger partial charge >= 0.3 is 0 Å². The third-order valence-electron chi connectivity index (χ3n) is 5.08. The second-order valence-corrected chi connectivity index (χ2v) is 7.15. The first-order valence-corrected chi connectivity index (χ1v) is 9.69. The van der Waals surface area contributed by atoms with Gasteiger partial charge in [-0.3, -0.25) is 14.6 Å². The van der Waals surface area contributed by atoms with Crippen molar-refractivity contribution in [2.45, 2.75) is 13.1 Å². The summed E-state index contributed by atoms with van der Waals surface area (Å²) >= 11 is 0. The van der Waals surface area contributed by atoms with E-state index in [1.54, 1.807) is 6.26 Å². The lowest BCUT2D eigenvalue weighted by Gasteiger charge is -2.34. The molecule has 2 heterocycles. The number of carbonyl (C=O) groups is 1. The Labute approximate surface area is 165 Å². The summed E-state index contributed by atoms with van der Waals surface area (Å²) in [6.45, 7) is 6.01. The molecule has 0 aliphatic carbocycles. The lowest BCUT2D eigenvalue weighted by Crippen LogP contribution is -2.45. The molecule has 3 aromatic rings. The van der Waals surface area contributed by atoms with Gasteiger partial charge < -0.3 is 9.73 Å². The van der Waals surface area contributed by atoms with E-state index in [1.807, 2.05) is 54.6 Å². The van der Waals surface area contributed by atoms with Gasteiger partial charge in [0, 0.05) is 44.0 Å². The Bertz CT molecular complexity index is 868. The van der Waals surface area contributed by atoms with E-state index in [-0.39, 0.29) is 5.91 Å². The first-order chi connectivity index (χ1) is 13.8. The van der Waals surface area contributed by atoms with Gasteiger partial charge in [-0.1, -0.05) is 30.3 Å². The van der Waals surface area contributed by atoms with Gasteiger partial charge in [0.15, 0.2) is 0 Å². The molecule has 1 aliphatic heterocycles. The predicted molar refractivity (Wildman–Crippen MR) is 110 cm³/mol. The van der Waals surface area contributed by atoms with E-state index in [2.05, 4.69) is 27.2 Å². The van der Waals surface area contributed by atoms with Gasteiger partial charge in [-0.2, -0.15) is 0 Å². The number of amides is 1. The minimum Gasteiger partial charge on any atom is -0.468 e. The lowest BCUT2D eigenvalue weighted by molar-refractivity contribution is 0.102. The molecule has 0 bridgehead atoms. The van der Waals surface area contributed by atoms with Crippen LogP contribution in [0.2, 0.25) is 0 Å². The summed E-state index contributed by atoms with van der Waals surface area (Å²) in [6, 6.07) is 21.4. The molecule has 1 aliphatic rings. The lowest BCUT2D eigenvalue weighted by atomic mass is 10.1. The van der Waals surface area contributed by atoms with E-state index in [1.165, 1.54) is 5.56 Å². The quantitative estimate of drug-likeness (QED) is 0.711. The van der Waals surface area contributed by atoms with Crippen LogP contribution < -0.4 is 5.32 Å². The number of rotatable bonds is 6. The molecule has 0 saturated carbocycles. The molecular formula is C23H25N3O2. The largest absolute Gasteiger partial charge is 0.468 e. The highest BCUT2D eigenvalue weighted by Crippen LogP contribution is 2.15. The fraction of sp³-hybridized carbons (Fsp3) is 0.261. The number of hydrogen-bond acceptors (Lipinski definition) is 4. The summed E-state index contributed by atoms with van der Waals surface area (Å²) in [5.74, 6) is 0.947. The predicted octanol–water partition coefficient (Wildman–Crippen LogP) is 3.85. The van der Waals surface area contributed by atoms with Crippen LogP contribution in [0.5, 0.6) is 0 Å². The fourth-order valence-corrected chi connectivity index (χ4v) is 3.47. The number of benzene rings is 2. The van der Waals surface area contributed by atoms with Crippen LogP contribution in [0.15, 0.2) is 77.4 Å². The Morgan fingerprint density at radius 3 is 2.14 bits per heavy atom. The maximum Gasteiger partial charge on any atom is 0.255 e. The van der Waals surface area contributed by atoms with E-state index in [9.17, 15) is 4.79 Å². The summed E-state index contributed by atoms with van der Waals surface area (Å²) in [6.07, 6.45) is 1.73. The van der Waals surface area contributed by atoms with Crippen molar-refractivity contribution in [1.29, 1.82) is 0 Å². The van der Waals surface area contributed by atoms with Crippen LogP contribution in [0.1, 0.15) is 21.7 Å². The van der Waals surface area contributed by atoms with Crippen molar-refractivity contribution in [1.82, 2.24) is 9.80 Å². The number of furan rings is 1. The van der Waals surface area contributed by atoms with E-state index >= 15 is 0 Å². The zero-order chi connectivity index (χ0) is 19.2. The third kappa shape index (κ3) is 4.88. The van der Waals surface area contributed by atoms with Crippen LogP contribution in [0, 0.1) is 0 Å². The number of carbonyl (C=O) groups excluding carboxylic acids is 1. The first kappa shape index (κ1) is 18.5. The van der Waals surface area contributed by atoms with Crippen LogP contribution in [-0.4, -0.2) is 41.9 Å². The minimum atomic E-state index is -0.0824. The SMILES string of the molecule is O=C(Nc1ccc(CN2CCN(Cc3ccco3)CC2)cc1)c1ccccc1. The second-order valence-electron chi connectivity index (χ2n) is 7.15. The van der Waals surface area contributed by atoms with Crippen molar-refractivity contribution >= 4 is 11.6 Å². The van der Waals surface area contributed by atoms with Gasteiger partial charge in [-0.05, 0) is 42.0 Å². The molecule has 1 fully saturated rings. The van der Waals surface area contributed by atoms with E-state index in [0.717, 1.165) is 50.7 Å². The number of anilines is 1. The molecule has 2 aromatic carbocycles. The van der Waals surface area contributed by atoms with Crippen molar-refractivity contribution in [2.75, 3.05) is 31.5 Å². The molecule has 1 N–H and O–H groups in total. The molecule has 4 rings (SSSR count). The van der Waals surface area contributed by atoms with Gasteiger partial charge in [0.1, 0.15) is 5.76 Å². The van der Waals surface area contributed by atoms with Gasteiger partial charge in [0.25, 0.3) is 5.91 Å². The van der Waals surface area contributed by atoms with E-state index in [4.69, 9.17) is 4.42 Å². The normalized spacial score (nSPS) is 15.4. The summed E-state index contributed by atoms with van der Waals surface area (Å²) < 4.78 is 5.44. The average Bonchev–Trinajstić information content (AvgIpc) is 3.25. The summed E-state index contributed by atoms with van der Waals surface area (Å²) in [4.78, 5) is 17.1. The Morgan fingerprint density at radius 2 is 1.50 bits per heavy atom. The molecule has 1 saturated heterocycles. The second kappa shape index (κ2) is 8.87. The highest BCUT2D eigenvalue weighted by atomic mass is 16.3. The van der Waals surface area contributed by atoms with Crippen LogP contribution in [-0.2, 0) is 13.1 Å². The minimum absolute atomic E-state index is 0.0824. The van der Waals surface area contributed by atoms with Gasteiger partial charge in [-0.15, -0.1) is 0 Å². The Hall–Kier alpha value is -2.89. The first-order valence-electron chi connectivity index (χ1n) is 9.69. The van der Waals surface area contributed by atoms with Gasteiger partial charge in [0.05, 0.1) is 12.8 Å². The standard InChI is InChI=1S/C23H25N3O2/c27-23(20-5-2-1-3-6-20)24-21-10-8-19(9-11-21)17-25-12-14-26(15-13-25)18-22-7-4-16-28-22/h1-11,16H,12-15,17-18H2,(H,24,27). The zero-order valence-electron chi connectivity index (χ0n) is 15.9. The van der Waals surface area contributed by atoms with Crippen LogP contribution in [0.4, 0.5) is 5.69 Å². The number of piperazine rings is 1. The molecule has 5 heteroatoms. The highest BCUT2D eigenvalue weighted by Gasteiger charge is 2.17. The number of nitrogens with one attached hydrogen (secondary N) is 1. The molecule has 5 nitrogen and oxygen atoms in total. The summed E-state index contributed by atoms with van der Waals surface area (Å²) in [5.41, 5.74) is 2.75. The fourth-order valence-electron chi connectivity index (χ4n) is 3.47. The third-order valence-corrected chi connectivity index (χ3v) is 5.08. The van der Waals surface area contributed by atoms with Crippen molar-refractivity contribution in [3.8, 4) is 0 Å². The summed E-state index contributed by atoms with van der Waals surface area (Å²) in [7, 11) is 0. The van der Waals surface area contributed by atoms with Gasteiger partial charge in [-0.25, -0.2) is 0 Å². The maximum atomic E-state index is 12.2. The molecule has 1 amide bonds. The van der Waals surface area contributed by atoms with Crippen molar-refractivity contribution in [3.63, 3.8) is 0 Å².